The van der Waals surface area contributed by atoms with E-state index in [2.05, 4.69) is 4.98 Å². The van der Waals surface area contributed by atoms with E-state index < -0.39 is 5.97 Å². The van der Waals surface area contributed by atoms with Crippen LogP contribution in [0.2, 0.25) is 0 Å². The molecule has 98 valence electrons. The zero-order chi connectivity index (χ0) is 13.3. The molecule has 18 heavy (non-hydrogen) atoms. The Bertz CT molecular complexity index is 483. The van der Waals surface area contributed by atoms with Gasteiger partial charge in [0, 0.05) is 6.42 Å². The molecule has 0 saturated heterocycles. The molecule has 2 rings (SSSR count). The summed E-state index contributed by atoms with van der Waals surface area (Å²) in [6.45, 7) is 6.53. The minimum atomic E-state index is -0.422. The van der Waals surface area contributed by atoms with Crippen LogP contribution in [-0.2, 0) is 22.5 Å². The molecule has 0 unspecified atom stereocenters. The Hall–Kier alpha value is -1.62. The number of hydrogen-bond acceptors (Lipinski definition) is 5. The molecule has 1 aromatic heterocycles. The van der Waals surface area contributed by atoms with Crippen molar-refractivity contribution in [3.05, 3.63) is 22.9 Å². The van der Waals surface area contributed by atoms with Crippen LogP contribution in [0.15, 0.2) is 6.07 Å². The third kappa shape index (κ3) is 2.46. The summed E-state index contributed by atoms with van der Waals surface area (Å²) in [4.78, 5) is 16.0. The van der Waals surface area contributed by atoms with E-state index in [0.29, 0.717) is 25.2 Å². The predicted octanol–water partition coefficient (Wildman–Crippen LogP) is 1.69. The Morgan fingerprint density at radius 1 is 1.61 bits per heavy atom. The van der Waals surface area contributed by atoms with E-state index in [0.717, 1.165) is 11.3 Å². The van der Waals surface area contributed by atoms with Gasteiger partial charge in [-0.05, 0) is 32.4 Å². The average molecular weight is 250 g/mol. The van der Waals surface area contributed by atoms with Gasteiger partial charge in [-0.3, -0.25) is 0 Å². The van der Waals surface area contributed by atoms with Crippen LogP contribution in [0.4, 0.5) is 5.82 Å². The second-order valence-electron chi connectivity index (χ2n) is 4.97. The number of esters is 1. The lowest BCUT2D eigenvalue weighted by Crippen LogP contribution is -2.32. The molecule has 5 heteroatoms. The van der Waals surface area contributed by atoms with Gasteiger partial charge >= 0.3 is 5.97 Å². The number of carbonyl (C=O) groups excluding carboxylic acids is 1. The highest BCUT2D eigenvalue weighted by atomic mass is 16.5. The van der Waals surface area contributed by atoms with Crippen molar-refractivity contribution in [2.45, 2.75) is 39.4 Å². The maximum absolute atomic E-state index is 11.7. The van der Waals surface area contributed by atoms with Gasteiger partial charge in [0.05, 0.1) is 24.5 Å². The maximum Gasteiger partial charge on any atom is 0.341 e. The summed E-state index contributed by atoms with van der Waals surface area (Å²) in [5.41, 5.74) is 7.69. The molecular formula is C13H18N2O3. The largest absolute Gasteiger partial charge is 0.462 e. The highest BCUT2D eigenvalue weighted by molar-refractivity contribution is 5.94. The fourth-order valence-electron chi connectivity index (χ4n) is 2.03. The summed E-state index contributed by atoms with van der Waals surface area (Å²) in [5.74, 6) is -0.217. The minimum absolute atomic E-state index is 0.204. The monoisotopic (exact) mass is 250 g/mol. The topological polar surface area (TPSA) is 74.4 Å². The summed E-state index contributed by atoms with van der Waals surface area (Å²) in [7, 11) is 0. The van der Waals surface area contributed by atoms with Gasteiger partial charge in [-0.15, -0.1) is 0 Å². The molecule has 0 spiro atoms. The molecule has 5 nitrogen and oxygen atoms in total. The number of ether oxygens (including phenoxy) is 2. The first-order valence-electron chi connectivity index (χ1n) is 6.02. The van der Waals surface area contributed by atoms with Crippen molar-refractivity contribution in [3.8, 4) is 0 Å². The molecule has 0 saturated carbocycles. The van der Waals surface area contributed by atoms with Crippen LogP contribution in [0, 0.1) is 0 Å². The predicted molar refractivity (Wildman–Crippen MR) is 67.2 cm³/mol. The number of nitrogens with two attached hydrogens (primary N) is 1. The van der Waals surface area contributed by atoms with Crippen LogP contribution < -0.4 is 5.73 Å². The molecular weight excluding hydrogens is 232 g/mol. The number of pyridine rings is 1. The third-order valence-corrected chi connectivity index (χ3v) is 2.93. The van der Waals surface area contributed by atoms with Gasteiger partial charge in [0.25, 0.3) is 0 Å². The van der Waals surface area contributed by atoms with Crippen molar-refractivity contribution in [2.24, 2.45) is 0 Å². The molecule has 0 atom stereocenters. The second-order valence-corrected chi connectivity index (χ2v) is 4.97. The first-order chi connectivity index (χ1) is 8.43. The number of rotatable bonds is 2. The SMILES string of the molecule is CCOC(=O)c1cc2c(nc1N)COC(C)(C)C2. The smallest absolute Gasteiger partial charge is 0.341 e. The Morgan fingerprint density at radius 3 is 3.00 bits per heavy atom. The van der Waals surface area contributed by atoms with Gasteiger partial charge in [0.15, 0.2) is 0 Å². The molecule has 0 aliphatic carbocycles. The van der Waals surface area contributed by atoms with Crippen LogP contribution in [-0.4, -0.2) is 23.2 Å². The third-order valence-electron chi connectivity index (χ3n) is 2.93. The van der Waals surface area contributed by atoms with E-state index >= 15 is 0 Å². The molecule has 2 N–H and O–H groups in total. The van der Waals surface area contributed by atoms with Crippen LogP contribution in [0.1, 0.15) is 42.4 Å². The Balaban J connectivity index is 2.37. The first kappa shape index (κ1) is 12.8. The van der Waals surface area contributed by atoms with Crippen molar-refractivity contribution < 1.29 is 14.3 Å². The first-order valence-corrected chi connectivity index (χ1v) is 6.02. The lowest BCUT2D eigenvalue weighted by atomic mass is 9.93. The highest BCUT2D eigenvalue weighted by Gasteiger charge is 2.28. The number of nitrogens with zero attached hydrogens (tertiary/aromatic N) is 1. The van der Waals surface area contributed by atoms with E-state index in [-0.39, 0.29) is 11.4 Å². The molecule has 1 aliphatic heterocycles. The van der Waals surface area contributed by atoms with Gasteiger partial charge in [-0.2, -0.15) is 0 Å². The fourth-order valence-corrected chi connectivity index (χ4v) is 2.03. The Labute approximate surface area is 106 Å². The number of nitrogen functional groups attached to an aromatic ring is 1. The second kappa shape index (κ2) is 4.57. The van der Waals surface area contributed by atoms with Crippen LogP contribution in [0.3, 0.4) is 0 Å². The molecule has 0 amide bonds. The molecule has 0 fully saturated rings. The number of carbonyl (C=O) groups is 1. The van der Waals surface area contributed by atoms with Gasteiger partial charge in [-0.25, -0.2) is 9.78 Å². The number of anilines is 1. The molecule has 2 heterocycles. The average Bonchev–Trinajstić information content (AvgIpc) is 2.28. The zero-order valence-corrected chi connectivity index (χ0v) is 10.9. The minimum Gasteiger partial charge on any atom is -0.462 e. The lowest BCUT2D eigenvalue weighted by molar-refractivity contribution is -0.0420. The highest BCUT2D eigenvalue weighted by Crippen LogP contribution is 2.28. The summed E-state index contributed by atoms with van der Waals surface area (Å²) in [6, 6.07) is 1.78. The Morgan fingerprint density at radius 2 is 2.33 bits per heavy atom. The normalized spacial score (nSPS) is 17.1. The summed E-state index contributed by atoms with van der Waals surface area (Å²) in [5, 5.41) is 0. The van der Waals surface area contributed by atoms with Crippen molar-refractivity contribution in [3.63, 3.8) is 0 Å². The van der Waals surface area contributed by atoms with Gasteiger partial charge < -0.3 is 15.2 Å². The van der Waals surface area contributed by atoms with Crippen molar-refractivity contribution in [1.82, 2.24) is 4.98 Å². The van der Waals surface area contributed by atoms with E-state index in [9.17, 15) is 4.79 Å². The summed E-state index contributed by atoms with van der Waals surface area (Å²) < 4.78 is 10.6. The number of fused-ring (bicyclic) bond motifs is 1. The molecule has 0 radical (unpaired) electrons. The fraction of sp³-hybridized carbons (Fsp3) is 0.538. The van der Waals surface area contributed by atoms with Crippen molar-refractivity contribution in [1.29, 1.82) is 0 Å². The van der Waals surface area contributed by atoms with Crippen molar-refractivity contribution >= 4 is 11.8 Å². The van der Waals surface area contributed by atoms with E-state index in [1.54, 1.807) is 13.0 Å². The lowest BCUT2D eigenvalue weighted by Gasteiger charge is -2.31. The van der Waals surface area contributed by atoms with Crippen LogP contribution in [0.5, 0.6) is 0 Å². The Kier molecular flexibility index (Phi) is 3.26. The van der Waals surface area contributed by atoms with Crippen LogP contribution in [0.25, 0.3) is 0 Å². The molecule has 1 aromatic rings. The van der Waals surface area contributed by atoms with E-state index in [1.165, 1.54) is 0 Å². The van der Waals surface area contributed by atoms with E-state index in [4.69, 9.17) is 15.2 Å². The number of aromatic nitrogens is 1. The van der Waals surface area contributed by atoms with Gasteiger partial charge in [-0.1, -0.05) is 0 Å². The number of hydrogen-bond donors (Lipinski definition) is 1. The van der Waals surface area contributed by atoms with Crippen LogP contribution >= 0.6 is 0 Å². The summed E-state index contributed by atoms with van der Waals surface area (Å²) in [6.07, 6.45) is 0.710. The quantitative estimate of drug-likeness (QED) is 0.808. The van der Waals surface area contributed by atoms with Crippen molar-refractivity contribution in [2.75, 3.05) is 12.3 Å². The standard InChI is InChI=1S/C13H18N2O3/c1-4-17-12(16)9-5-8-6-13(2,3)18-7-10(8)15-11(9)14/h5H,4,6-7H2,1-3H3,(H2,14,15). The van der Waals surface area contributed by atoms with E-state index in [1.807, 2.05) is 13.8 Å². The molecule has 1 aliphatic rings. The zero-order valence-electron chi connectivity index (χ0n) is 10.9. The molecule has 0 aromatic carbocycles. The van der Waals surface area contributed by atoms with Gasteiger partial charge in [0.1, 0.15) is 11.4 Å². The molecule has 0 bridgehead atoms. The maximum atomic E-state index is 11.7. The van der Waals surface area contributed by atoms with Gasteiger partial charge in [0.2, 0.25) is 0 Å². The summed E-state index contributed by atoms with van der Waals surface area (Å²) >= 11 is 0.